The van der Waals surface area contributed by atoms with Gasteiger partial charge in [0, 0.05) is 30.2 Å². The number of ether oxygens (including phenoxy) is 1. The van der Waals surface area contributed by atoms with Crippen molar-refractivity contribution in [2.75, 3.05) is 34.3 Å². The lowest BCUT2D eigenvalue weighted by atomic mass is 10.2. The smallest absolute Gasteiger partial charge is 0.125 e. The fourth-order valence-electron chi connectivity index (χ4n) is 2.42. The monoisotopic (exact) mass is 404 g/mol. The Bertz CT molecular complexity index is 609. The molecule has 0 saturated heterocycles. The van der Waals surface area contributed by atoms with Gasteiger partial charge in [-0.3, -0.25) is 4.90 Å². The van der Waals surface area contributed by atoms with Gasteiger partial charge in [0.15, 0.2) is 0 Å². The maximum atomic E-state index is 6.10. The third kappa shape index (κ3) is 8.80. The molecule has 2 aromatic rings. The number of halogens is 3. The van der Waals surface area contributed by atoms with Crippen molar-refractivity contribution in [1.82, 2.24) is 9.80 Å². The van der Waals surface area contributed by atoms with Crippen molar-refractivity contribution >= 4 is 36.4 Å². The Labute approximate surface area is 168 Å². The lowest BCUT2D eigenvalue weighted by Gasteiger charge is -2.19. The molecule has 0 heterocycles. The SMILES string of the molecule is CN(C)Cc1ccc(Cl)cc1OCCN(C)Cc1ccccc1.Cl.Cl. The zero-order valence-corrected chi connectivity index (χ0v) is 17.3. The molecule has 0 N–H and O–H groups in total. The topological polar surface area (TPSA) is 15.7 Å². The molecule has 0 bridgehead atoms. The van der Waals surface area contributed by atoms with Gasteiger partial charge in [-0.25, -0.2) is 0 Å². The van der Waals surface area contributed by atoms with E-state index in [9.17, 15) is 0 Å². The number of likely N-dealkylation sites (N-methyl/N-ethyl adjacent to an activating group) is 1. The Balaban J connectivity index is 0.00000288. The summed E-state index contributed by atoms with van der Waals surface area (Å²) in [6.45, 7) is 3.27. The Kier molecular flexibility index (Phi) is 11.9. The van der Waals surface area contributed by atoms with Crippen LogP contribution in [0.4, 0.5) is 0 Å². The minimum atomic E-state index is 0. The summed E-state index contributed by atoms with van der Waals surface area (Å²) in [6, 6.07) is 16.3. The summed E-state index contributed by atoms with van der Waals surface area (Å²) in [6.07, 6.45) is 0. The average Bonchev–Trinajstić information content (AvgIpc) is 2.50. The van der Waals surface area contributed by atoms with Gasteiger partial charge in [-0.05, 0) is 38.8 Å². The Morgan fingerprint density at radius 2 is 1.60 bits per heavy atom. The molecule has 0 spiro atoms. The number of rotatable bonds is 8. The number of hydrogen-bond acceptors (Lipinski definition) is 3. The van der Waals surface area contributed by atoms with E-state index < -0.39 is 0 Å². The molecule has 25 heavy (non-hydrogen) atoms. The van der Waals surface area contributed by atoms with Crippen molar-refractivity contribution in [1.29, 1.82) is 0 Å². The highest BCUT2D eigenvalue weighted by atomic mass is 35.5. The summed E-state index contributed by atoms with van der Waals surface area (Å²) in [4.78, 5) is 4.38. The van der Waals surface area contributed by atoms with Gasteiger partial charge < -0.3 is 9.64 Å². The van der Waals surface area contributed by atoms with Crippen molar-refractivity contribution in [2.45, 2.75) is 13.1 Å². The second-order valence-electron chi connectivity index (χ2n) is 6.06. The van der Waals surface area contributed by atoms with Crippen LogP contribution in [0.15, 0.2) is 48.5 Å². The largest absolute Gasteiger partial charge is 0.492 e. The second kappa shape index (κ2) is 12.4. The highest BCUT2D eigenvalue weighted by Crippen LogP contribution is 2.24. The molecule has 3 nitrogen and oxygen atoms in total. The van der Waals surface area contributed by atoms with E-state index in [-0.39, 0.29) is 24.8 Å². The van der Waals surface area contributed by atoms with Gasteiger partial charge in [-0.1, -0.05) is 48.0 Å². The van der Waals surface area contributed by atoms with Crippen LogP contribution in [0.2, 0.25) is 5.02 Å². The fourth-order valence-corrected chi connectivity index (χ4v) is 2.58. The van der Waals surface area contributed by atoms with E-state index in [1.165, 1.54) is 5.56 Å². The molecule has 0 aliphatic carbocycles. The highest BCUT2D eigenvalue weighted by molar-refractivity contribution is 6.30. The maximum Gasteiger partial charge on any atom is 0.125 e. The summed E-state index contributed by atoms with van der Waals surface area (Å²) < 4.78 is 5.97. The Morgan fingerprint density at radius 3 is 2.24 bits per heavy atom. The molecule has 0 unspecified atom stereocenters. The van der Waals surface area contributed by atoms with Crippen LogP contribution in [0.3, 0.4) is 0 Å². The van der Waals surface area contributed by atoms with E-state index >= 15 is 0 Å². The summed E-state index contributed by atoms with van der Waals surface area (Å²) in [7, 11) is 6.20. The molecule has 0 aliphatic rings. The van der Waals surface area contributed by atoms with E-state index in [0.717, 1.165) is 30.9 Å². The van der Waals surface area contributed by atoms with Gasteiger partial charge in [-0.15, -0.1) is 24.8 Å². The van der Waals surface area contributed by atoms with E-state index in [1.807, 2.05) is 38.4 Å². The lowest BCUT2D eigenvalue weighted by molar-refractivity contribution is 0.229. The zero-order valence-electron chi connectivity index (χ0n) is 14.9. The number of benzene rings is 2. The third-order valence-electron chi connectivity index (χ3n) is 3.54. The fraction of sp³-hybridized carbons (Fsp3) is 0.368. The standard InChI is InChI=1S/C19H25ClN2O.2ClH/c1-21(2)15-17-9-10-18(20)13-19(17)23-12-11-22(3)14-16-7-5-4-6-8-16;;/h4-10,13H,11-12,14-15H2,1-3H3;2*1H. The molecular weight excluding hydrogens is 379 g/mol. The van der Waals surface area contributed by atoms with Crippen LogP contribution in [-0.4, -0.2) is 44.1 Å². The molecule has 0 saturated carbocycles. The second-order valence-corrected chi connectivity index (χ2v) is 6.50. The van der Waals surface area contributed by atoms with Gasteiger partial charge in [-0.2, -0.15) is 0 Å². The van der Waals surface area contributed by atoms with Gasteiger partial charge in [0.2, 0.25) is 0 Å². The molecule has 140 valence electrons. The van der Waals surface area contributed by atoms with Gasteiger partial charge >= 0.3 is 0 Å². The predicted octanol–water partition coefficient (Wildman–Crippen LogP) is 4.76. The zero-order chi connectivity index (χ0) is 16.7. The molecule has 2 rings (SSSR count). The van der Waals surface area contributed by atoms with Crippen molar-refractivity contribution < 1.29 is 4.74 Å². The van der Waals surface area contributed by atoms with Crippen molar-refractivity contribution in [3.05, 3.63) is 64.7 Å². The lowest BCUT2D eigenvalue weighted by Crippen LogP contribution is -2.24. The Hall–Kier alpha value is -0.970. The first-order chi connectivity index (χ1) is 11.0. The quantitative estimate of drug-likeness (QED) is 0.630. The number of hydrogen-bond donors (Lipinski definition) is 0. The van der Waals surface area contributed by atoms with E-state index in [4.69, 9.17) is 16.3 Å². The van der Waals surface area contributed by atoms with Crippen molar-refractivity contribution in [3.63, 3.8) is 0 Å². The van der Waals surface area contributed by atoms with Crippen molar-refractivity contribution in [3.8, 4) is 5.75 Å². The van der Waals surface area contributed by atoms with Crippen LogP contribution >= 0.6 is 36.4 Å². The molecule has 2 aromatic carbocycles. The van der Waals surface area contributed by atoms with Crippen LogP contribution in [0.5, 0.6) is 5.75 Å². The molecule has 0 radical (unpaired) electrons. The minimum Gasteiger partial charge on any atom is -0.492 e. The molecule has 0 atom stereocenters. The normalized spacial score (nSPS) is 10.3. The van der Waals surface area contributed by atoms with Crippen LogP contribution < -0.4 is 4.74 Å². The van der Waals surface area contributed by atoms with Crippen LogP contribution in [0.25, 0.3) is 0 Å². The molecule has 0 fully saturated rings. The maximum absolute atomic E-state index is 6.10. The number of nitrogens with zero attached hydrogens (tertiary/aromatic N) is 2. The van der Waals surface area contributed by atoms with Crippen LogP contribution in [0.1, 0.15) is 11.1 Å². The van der Waals surface area contributed by atoms with E-state index in [2.05, 4.69) is 41.1 Å². The van der Waals surface area contributed by atoms with E-state index in [0.29, 0.717) is 11.6 Å². The first kappa shape index (κ1) is 24.0. The third-order valence-corrected chi connectivity index (χ3v) is 3.78. The highest BCUT2D eigenvalue weighted by Gasteiger charge is 2.07. The molecule has 0 amide bonds. The predicted molar refractivity (Wildman–Crippen MR) is 112 cm³/mol. The summed E-state index contributed by atoms with van der Waals surface area (Å²) in [5.74, 6) is 0.874. The van der Waals surface area contributed by atoms with Gasteiger partial charge in [0.25, 0.3) is 0 Å². The summed E-state index contributed by atoms with van der Waals surface area (Å²) in [5.41, 5.74) is 2.47. The van der Waals surface area contributed by atoms with Crippen molar-refractivity contribution in [2.24, 2.45) is 0 Å². The Morgan fingerprint density at radius 1 is 0.920 bits per heavy atom. The van der Waals surface area contributed by atoms with Crippen LogP contribution in [-0.2, 0) is 13.1 Å². The molecule has 6 heteroatoms. The average molecular weight is 406 g/mol. The molecule has 0 aromatic heterocycles. The van der Waals surface area contributed by atoms with Crippen LogP contribution in [0, 0.1) is 0 Å². The molecule has 0 aliphatic heterocycles. The summed E-state index contributed by atoms with van der Waals surface area (Å²) >= 11 is 6.10. The summed E-state index contributed by atoms with van der Waals surface area (Å²) in [5, 5.41) is 0.708. The molecular formula is C19H27Cl3N2O. The van der Waals surface area contributed by atoms with E-state index in [1.54, 1.807) is 0 Å². The van der Waals surface area contributed by atoms with Gasteiger partial charge in [0.1, 0.15) is 12.4 Å². The first-order valence-electron chi connectivity index (χ1n) is 7.83. The first-order valence-corrected chi connectivity index (χ1v) is 8.21. The minimum absolute atomic E-state index is 0. The van der Waals surface area contributed by atoms with Gasteiger partial charge in [0.05, 0.1) is 0 Å².